The van der Waals surface area contributed by atoms with Crippen molar-refractivity contribution < 1.29 is 17.9 Å². The minimum atomic E-state index is -3.61. The molecule has 1 aliphatic rings. The van der Waals surface area contributed by atoms with Crippen molar-refractivity contribution in [3.8, 4) is 5.75 Å². The van der Waals surface area contributed by atoms with Gasteiger partial charge in [-0.05, 0) is 73.6 Å². The van der Waals surface area contributed by atoms with Gasteiger partial charge in [0.1, 0.15) is 12.3 Å². The maximum Gasteiger partial charge on any atom is 0.241 e. The molecule has 1 unspecified atom stereocenters. The first-order valence-corrected chi connectivity index (χ1v) is 11.6. The molecule has 0 saturated carbocycles. The molecule has 1 N–H and O–H groups in total. The Balaban J connectivity index is 1.81. The summed E-state index contributed by atoms with van der Waals surface area (Å²) in [6.07, 6.45) is 3.85. The molecule has 29 heavy (non-hydrogen) atoms. The van der Waals surface area contributed by atoms with Crippen molar-refractivity contribution in [3.05, 3.63) is 58.7 Å². The number of carbonyl (C=O) groups excluding carboxylic acids is 1. The lowest BCUT2D eigenvalue weighted by atomic mass is 9.87. The van der Waals surface area contributed by atoms with Crippen molar-refractivity contribution in [2.24, 2.45) is 0 Å². The monoisotopic (exact) mass is 416 g/mol. The maximum atomic E-state index is 12.8. The number of rotatable bonds is 6. The van der Waals surface area contributed by atoms with E-state index in [1.165, 1.54) is 4.31 Å². The summed E-state index contributed by atoms with van der Waals surface area (Å²) in [4.78, 5) is 12.8. The summed E-state index contributed by atoms with van der Waals surface area (Å²) < 4.78 is 31.3. The van der Waals surface area contributed by atoms with Crippen molar-refractivity contribution >= 4 is 21.6 Å². The standard InChI is InChI=1S/C22H28N2O4S/c1-15-7-5-10-21(16(15)2)24(29(4,26)27)14-22(25)23-20-9-6-8-17-13-18(28-3)11-12-19(17)20/h5,7,10-13,20H,6,8-9,14H2,1-4H3,(H,23,25). The van der Waals surface area contributed by atoms with Crippen LogP contribution in [0.1, 0.15) is 41.1 Å². The quantitative estimate of drug-likeness (QED) is 0.784. The summed E-state index contributed by atoms with van der Waals surface area (Å²) in [5.74, 6) is 0.485. The number of aryl methyl sites for hydroxylation is 2. The topological polar surface area (TPSA) is 75.7 Å². The molecular weight excluding hydrogens is 388 g/mol. The number of benzene rings is 2. The van der Waals surface area contributed by atoms with Gasteiger partial charge in [0.25, 0.3) is 0 Å². The third kappa shape index (κ3) is 4.72. The second kappa shape index (κ2) is 8.45. The zero-order valence-electron chi connectivity index (χ0n) is 17.4. The molecule has 0 bridgehead atoms. The summed E-state index contributed by atoms with van der Waals surface area (Å²) in [5, 5.41) is 3.03. The molecule has 0 aromatic heterocycles. The van der Waals surface area contributed by atoms with Crippen molar-refractivity contribution in [2.75, 3.05) is 24.2 Å². The molecule has 0 heterocycles. The number of hydrogen-bond acceptors (Lipinski definition) is 4. The first kappa shape index (κ1) is 21.2. The second-order valence-electron chi connectivity index (χ2n) is 7.57. The molecule has 1 amide bonds. The fourth-order valence-electron chi connectivity index (χ4n) is 3.82. The summed E-state index contributed by atoms with van der Waals surface area (Å²) >= 11 is 0. The first-order valence-electron chi connectivity index (χ1n) is 9.71. The number of nitrogens with one attached hydrogen (secondary N) is 1. The van der Waals surface area contributed by atoms with Gasteiger partial charge in [-0.3, -0.25) is 9.10 Å². The highest BCUT2D eigenvalue weighted by atomic mass is 32.2. The van der Waals surface area contributed by atoms with Gasteiger partial charge >= 0.3 is 0 Å². The second-order valence-corrected chi connectivity index (χ2v) is 9.47. The Kier molecular flexibility index (Phi) is 6.17. The largest absolute Gasteiger partial charge is 0.497 e. The Labute approximate surface area is 172 Å². The minimum absolute atomic E-state index is 0.128. The molecule has 0 saturated heterocycles. The number of amides is 1. The predicted octanol–water partition coefficient (Wildman–Crippen LogP) is 3.27. The normalized spacial score (nSPS) is 16.1. The van der Waals surface area contributed by atoms with Crippen LogP contribution in [0.25, 0.3) is 0 Å². The third-order valence-electron chi connectivity index (χ3n) is 5.53. The van der Waals surface area contributed by atoms with E-state index in [-0.39, 0.29) is 18.5 Å². The van der Waals surface area contributed by atoms with Crippen LogP contribution in [0.5, 0.6) is 5.75 Å². The Morgan fingerprint density at radius 1 is 1.24 bits per heavy atom. The van der Waals surface area contributed by atoms with Gasteiger partial charge in [-0.25, -0.2) is 8.42 Å². The number of nitrogens with zero attached hydrogens (tertiary/aromatic N) is 1. The van der Waals surface area contributed by atoms with Crippen LogP contribution in [0.15, 0.2) is 36.4 Å². The highest BCUT2D eigenvalue weighted by molar-refractivity contribution is 7.92. The molecule has 0 fully saturated rings. The van der Waals surface area contributed by atoms with Gasteiger partial charge in [-0.2, -0.15) is 0 Å². The third-order valence-corrected chi connectivity index (χ3v) is 6.66. The Bertz CT molecular complexity index is 1020. The molecule has 7 heteroatoms. The highest BCUT2D eigenvalue weighted by Gasteiger charge is 2.26. The van der Waals surface area contributed by atoms with E-state index in [1.807, 2.05) is 38.1 Å². The molecule has 0 aliphatic heterocycles. The SMILES string of the molecule is COc1ccc2c(c1)CCCC2NC(=O)CN(c1cccc(C)c1C)S(C)(=O)=O. The fraction of sp³-hybridized carbons (Fsp3) is 0.409. The molecule has 156 valence electrons. The van der Waals surface area contributed by atoms with E-state index in [2.05, 4.69) is 5.32 Å². The number of hydrogen-bond donors (Lipinski definition) is 1. The van der Waals surface area contributed by atoms with E-state index < -0.39 is 10.0 Å². The van der Waals surface area contributed by atoms with Crippen LogP contribution in [0.2, 0.25) is 0 Å². The molecule has 6 nitrogen and oxygen atoms in total. The zero-order chi connectivity index (χ0) is 21.2. The van der Waals surface area contributed by atoms with Crippen LogP contribution < -0.4 is 14.4 Å². The molecule has 0 spiro atoms. The molecule has 3 rings (SSSR count). The number of methoxy groups -OCH3 is 1. The maximum absolute atomic E-state index is 12.8. The Morgan fingerprint density at radius 3 is 2.69 bits per heavy atom. The van der Waals surface area contributed by atoms with Gasteiger partial charge in [0.05, 0.1) is 25.1 Å². The zero-order valence-corrected chi connectivity index (χ0v) is 18.2. The van der Waals surface area contributed by atoms with Gasteiger partial charge in [-0.15, -0.1) is 0 Å². The molecule has 1 atom stereocenters. The number of carbonyl (C=O) groups is 1. The lowest BCUT2D eigenvalue weighted by Gasteiger charge is -2.29. The van der Waals surface area contributed by atoms with Gasteiger partial charge in [0, 0.05) is 0 Å². The number of anilines is 1. The number of sulfonamides is 1. The van der Waals surface area contributed by atoms with E-state index in [9.17, 15) is 13.2 Å². The molecule has 1 aliphatic carbocycles. The lowest BCUT2D eigenvalue weighted by molar-refractivity contribution is -0.120. The first-order chi connectivity index (χ1) is 13.7. The Hall–Kier alpha value is -2.54. The van der Waals surface area contributed by atoms with Crippen molar-refractivity contribution in [1.29, 1.82) is 0 Å². The van der Waals surface area contributed by atoms with E-state index in [0.717, 1.165) is 53.5 Å². The van der Waals surface area contributed by atoms with Gasteiger partial charge in [0.2, 0.25) is 15.9 Å². The van der Waals surface area contributed by atoms with Crippen LogP contribution in [0, 0.1) is 13.8 Å². The summed E-state index contributed by atoms with van der Waals surface area (Å²) in [5.41, 5.74) is 4.60. The van der Waals surface area contributed by atoms with Gasteiger partial charge in [0.15, 0.2) is 0 Å². The molecule has 0 radical (unpaired) electrons. The van der Waals surface area contributed by atoms with E-state index >= 15 is 0 Å². The van der Waals surface area contributed by atoms with Crippen LogP contribution in [-0.4, -0.2) is 34.2 Å². The smallest absolute Gasteiger partial charge is 0.241 e. The number of fused-ring (bicyclic) bond motifs is 1. The average molecular weight is 417 g/mol. The van der Waals surface area contributed by atoms with E-state index in [4.69, 9.17) is 4.74 Å². The lowest BCUT2D eigenvalue weighted by Crippen LogP contribution is -2.42. The van der Waals surface area contributed by atoms with Crippen LogP contribution in [0.3, 0.4) is 0 Å². The summed E-state index contributed by atoms with van der Waals surface area (Å²) in [6.45, 7) is 3.54. The van der Waals surface area contributed by atoms with Crippen molar-refractivity contribution in [1.82, 2.24) is 5.32 Å². The van der Waals surface area contributed by atoms with Crippen molar-refractivity contribution in [2.45, 2.75) is 39.2 Å². The molecule has 2 aromatic carbocycles. The highest BCUT2D eigenvalue weighted by Crippen LogP contribution is 2.32. The van der Waals surface area contributed by atoms with E-state index in [0.29, 0.717) is 5.69 Å². The average Bonchev–Trinajstić information content (AvgIpc) is 2.67. The van der Waals surface area contributed by atoms with Crippen LogP contribution in [-0.2, 0) is 21.2 Å². The van der Waals surface area contributed by atoms with Gasteiger partial charge in [-0.1, -0.05) is 18.2 Å². The van der Waals surface area contributed by atoms with Crippen LogP contribution >= 0.6 is 0 Å². The van der Waals surface area contributed by atoms with Crippen LogP contribution in [0.4, 0.5) is 5.69 Å². The fourth-order valence-corrected chi connectivity index (χ4v) is 4.73. The van der Waals surface area contributed by atoms with Crippen molar-refractivity contribution in [3.63, 3.8) is 0 Å². The molecule has 2 aromatic rings. The number of ether oxygens (including phenoxy) is 1. The molecular formula is C22H28N2O4S. The summed E-state index contributed by atoms with van der Waals surface area (Å²) in [7, 11) is -1.97. The predicted molar refractivity (Wildman–Crippen MR) is 115 cm³/mol. The van der Waals surface area contributed by atoms with Gasteiger partial charge < -0.3 is 10.1 Å². The van der Waals surface area contributed by atoms with E-state index in [1.54, 1.807) is 19.2 Å². The Morgan fingerprint density at radius 2 is 2.00 bits per heavy atom. The summed E-state index contributed by atoms with van der Waals surface area (Å²) in [6, 6.07) is 11.2. The minimum Gasteiger partial charge on any atom is -0.497 e.